The Hall–Kier alpha value is -3.68. The van der Waals surface area contributed by atoms with Gasteiger partial charge < -0.3 is 4.74 Å². The highest BCUT2D eigenvalue weighted by Crippen LogP contribution is 2.38. The van der Waals surface area contributed by atoms with Crippen molar-refractivity contribution >= 4 is 40.3 Å². The smallest absolute Gasteiger partial charge is 0.266 e. The predicted octanol–water partition coefficient (Wildman–Crippen LogP) is 7.65. The normalized spacial score (nSPS) is 17.2. The molecule has 2 aliphatic rings. The Morgan fingerprint density at radius 3 is 2.33 bits per heavy atom. The molecule has 2 fully saturated rings. The molecule has 39 heavy (non-hydrogen) atoms. The molecular weight excluding hydrogens is 523 g/mol. The number of nitrogens with zero attached hydrogens (tertiary/aromatic N) is 3. The number of carbonyl (C=O) groups is 1. The van der Waals surface area contributed by atoms with Crippen LogP contribution in [0.4, 0.5) is 0 Å². The number of amides is 1. The summed E-state index contributed by atoms with van der Waals surface area (Å²) in [5.74, 6) is 0.806. The Kier molecular flexibility index (Phi) is 7.61. The van der Waals surface area contributed by atoms with Gasteiger partial charge in [-0.05, 0) is 60.9 Å². The first-order chi connectivity index (χ1) is 19.2. The van der Waals surface area contributed by atoms with Crippen LogP contribution in [0.25, 0.3) is 23.0 Å². The van der Waals surface area contributed by atoms with Gasteiger partial charge in [0.05, 0.1) is 16.3 Å². The number of aromatic nitrogens is 2. The zero-order chi connectivity index (χ0) is 26.6. The lowest BCUT2D eigenvalue weighted by atomic mass is 9.94. The number of hydrogen-bond donors (Lipinski definition) is 0. The molecule has 0 atom stereocenters. The average Bonchev–Trinajstić information content (AvgIpc) is 3.53. The van der Waals surface area contributed by atoms with E-state index in [0.717, 1.165) is 59.5 Å². The maximum Gasteiger partial charge on any atom is 0.266 e. The second-order valence-corrected chi connectivity index (χ2v) is 11.5. The van der Waals surface area contributed by atoms with Crippen LogP contribution in [0.3, 0.4) is 0 Å². The maximum atomic E-state index is 13.5. The molecule has 6 rings (SSSR count). The number of ether oxygens (including phenoxy) is 1. The summed E-state index contributed by atoms with van der Waals surface area (Å²) < 4.78 is 8.51. The zero-order valence-electron chi connectivity index (χ0n) is 21.5. The van der Waals surface area contributed by atoms with Gasteiger partial charge in [0.2, 0.25) is 0 Å². The molecule has 1 aliphatic carbocycles. The monoisotopic (exact) mass is 551 g/mol. The molecule has 5 nitrogen and oxygen atoms in total. The molecule has 1 saturated heterocycles. The van der Waals surface area contributed by atoms with Gasteiger partial charge in [-0.3, -0.25) is 9.69 Å². The Labute approximate surface area is 238 Å². The Bertz CT molecular complexity index is 1490. The molecule has 1 aromatic heterocycles. The minimum absolute atomic E-state index is 0.0139. The number of thiocarbonyl (C=S) groups is 1. The summed E-state index contributed by atoms with van der Waals surface area (Å²) in [6, 6.07) is 28.3. The van der Waals surface area contributed by atoms with Gasteiger partial charge >= 0.3 is 0 Å². The van der Waals surface area contributed by atoms with Gasteiger partial charge in [0, 0.05) is 23.4 Å². The third-order valence-corrected chi connectivity index (χ3v) is 8.52. The fourth-order valence-corrected chi connectivity index (χ4v) is 6.55. The zero-order valence-corrected chi connectivity index (χ0v) is 23.2. The molecule has 196 valence electrons. The second kappa shape index (κ2) is 11.6. The highest BCUT2D eigenvalue weighted by atomic mass is 32.2. The largest absolute Gasteiger partial charge is 0.489 e. The van der Waals surface area contributed by atoms with E-state index in [1.807, 2.05) is 107 Å². The first kappa shape index (κ1) is 25.6. The van der Waals surface area contributed by atoms with Gasteiger partial charge in [0.1, 0.15) is 16.7 Å². The summed E-state index contributed by atoms with van der Waals surface area (Å²) in [5.41, 5.74) is 4.70. The van der Waals surface area contributed by atoms with Crippen LogP contribution in [-0.4, -0.2) is 30.9 Å². The highest BCUT2D eigenvalue weighted by Gasteiger charge is 2.37. The Morgan fingerprint density at radius 2 is 1.62 bits per heavy atom. The van der Waals surface area contributed by atoms with Crippen LogP contribution in [0, 0.1) is 0 Å². The lowest BCUT2D eigenvalue weighted by Gasteiger charge is -2.29. The van der Waals surface area contributed by atoms with Crippen molar-refractivity contribution < 1.29 is 9.53 Å². The van der Waals surface area contributed by atoms with Crippen molar-refractivity contribution in [2.24, 2.45) is 0 Å². The van der Waals surface area contributed by atoms with Crippen molar-refractivity contribution in [1.82, 2.24) is 14.7 Å². The van der Waals surface area contributed by atoms with Crippen molar-refractivity contribution in [2.45, 2.75) is 44.8 Å². The number of para-hydroxylation sites is 1. The molecule has 0 bridgehead atoms. The summed E-state index contributed by atoms with van der Waals surface area (Å²) in [7, 11) is 0. The lowest BCUT2D eigenvalue weighted by Crippen LogP contribution is -2.39. The number of hydrogen-bond acceptors (Lipinski definition) is 5. The van der Waals surface area contributed by atoms with Crippen LogP contribution in [-0.2, 0) is 11.4 Å². The van der Waals surface area contributed by atoms with Gasteiger partial charge in [-0.1, -0.05) is 91.8 Å². The van der Waals surface area contributed by atoms with Crippen LogP contribution in [0.2, 0.25) is 0 Å². The summed E-state index contributed by atoms with van der Waals surface area (Å²) in [6.07, 6.45) is 9.52. The van der Waals surface area contributed by atoms with E-state index in [2.05, 4.69) is 0 Å². The van der Waals surface area contributed by atoms with Gasteiger partial charge in [-0.2, -0.15) is 5.10 Å². The van der Waals surface area contributed by atoms with E-state index in [9.17, 15) is 4.79 Å². The van der Waals surface area contributed by atoms with Gasteiger partial charge in [0.25, 0.3) is 5.91 Å². The van der Waals surface area contributed by atoms with Crippen molar-refractivity contribution in [3.8, 4) is 22.7 Å². The van der Waals surface area contributed by atoms with E-state index in [0.29, 0.717) is 15.8 Å². The van der Waals surface area contributed by atoms with Crippen molar-refractivity contribution in [3.63, 3.8) is 0 Å². The van der Waals surface area contributed by atoms with Gasteiger partial charge in [-0.25, -0.2) is 4.68 Å². The van der Waals surface area contributed by atoms with Crippen LogP contribution >= 0.6 is 24.0 Å². The molecule has 2 heterocycles. The fourth-order valence-electron chi connectivity index (χ4n) is 5.16. The Morgan fingerprint density at radius 1 is 0.923 bits per heavy atom. The quantitative estimate of drug-likeness (QED) is 0.174. The van der Waals surface area contributed by atoms with Crippen LogP contribution < -0.4 is 4.74 Å². The molecule has 4 aromatic rings. The van der Waals surface area contributed by atoms with Crippen LogP contribution in [0.15, 0.2) is 96.0 Å². The minimum Gasteiger partial charge on any atom is -0.489 e. The lowest BCUT2D eigenvalue weighted by molar-refractivity contribution is -0.124. The molecule has 0 unspecified atom stereocenters. The highest BCUT2D eigenvalue weighted by molar-refractivity contribution is 8.26. The van der Waals surface area contributed by atoms with E-state index in [-0.39, 0.29) is 11.9 Å². The summed E-state index contributed by atoms with van der Waals surface area (Å²) in [6.45, 7) is 0.511. The summed E-state index contributed by atoms with van der Waals surface area (Å²) in [5, 5.41) is 4.93. The summed E-state index contributed by atoms with van der Waals surface area (Å²) >= 11 is 7.06. The Balaban J connectivity index is 1.30. The van der Waals surface area contributed by atoms with Crippen LogP contribution in [0.1, 0.15) is 43.2 Å². The molecule has 1 aliphatic heterocycles. The van der Waals surface area contributed by atoms with Gasteiger partial charge in [-0.15, -0.1) is 0 Å². The first-order valence-electron chi connectivity index (χ1n) is 13.3. The fraction of sp³-hybridized carbons (Fsp3) is 0.219. The standard InChI is InChI=1S/C32H29N3O2S2/c36-31-29(39-32(38)35(31)27-14-8-3-9-15-27)20-25-21-34(26-12-6-2-7-13-26)33-30(25)24-16-18-28(19-17-24)37-22-23-10-4-1-5-11-23/h1-2,4-7,10-13,16-21,27H,3,8-9,14-15,22H2/b29-20-. The van der Waals surface area contributed by atoms with E-state index in [1.165, 1.54) is 18.2 Å². The predicted molar refractivity (Wildman–Crippen MR) is 162 cm³/mol. The third-order valence-electron chi connectivity index (χ3n) is 7.19. The van der Waals surface area contributed by atoms with E-state index < -0.39 is 0 Å². The molecule has 0 radical (unpaired) electrons. The maximum absolute atomic E-state index is 13.5. The molecular formula is C32H29N3O2S2. The molecule has 0 N–H and O–H groups in total. The number of rotatable bonds is 7. The van der Waals surface area contributed by atoms with Crippen molar-refractivity contribution in [3.05, 3.63) is 107 Å². The number of benzene rings is 3. The molecule has 3 aromatic carbocycles. The molecule has 0 spiro atoms. The molecule has 1 saturated carbocycles. The molecule has 1 amide bonds. The first-order valence-corrected chi connectivity index (χ1v) is 14.6. The number of carbonyl (C=O) groups excluding carboxylic acids is 1. The number of thioether (sulfide) groups is 1. The summed E-state index contributed by atoms with van der Waals surface area (Å²) in [4.78, 5) is 16.0. The van der Waals surface area contributed by atoms with Crippen molar-refractivity contribution in [2.75, 3.05) is 0 Å². The van der Waals surface area contributed by atoms with Crippen LogP contribution in [0.5, 0.6) is 5.75 Å². The van der Waals surface area contributed by atoms with E-state index in [4.69, 9.17) is 22.1 Å². The second-order valence-electron chi connectivity index (χ2n) is 9.86. The van der Waals surface area contributed by atoms with Crippen molar-refractivity contribution in [1.29, 1.82) is 0 Å². The minimum atomic E-state index is 0.0139. The van der Waals surface area contributed by atoms with Gasteiger partial charge in [0.15, 0.2) is 0 Å². The molecule has 7 heteroatoms. The SMILES string of the molecule is O=C1/C(=C/c2cn(-c3ccccc3)nc2-c2ccc(OCc3ccccc3)cc2)SC(=S)N1C1CCCCC1. The van der Waals surface area contributed by atoms with E-state index >= 15 is 0 Å². The van der Waals surface area contributed by atoms with E-state index in [1.54, 1.807) is 0 Å². The topological polar surface area (TPSA) is 47.4 Å². The average molecular weight is 552 g/mol. The third kappa shape index (κ3) is 5.70.